The van der Waals surface area contributed by atoms with Crippen LogP contribution in [-0.2, 0) is 13.0 Å². The van der Waals surface area contributed by atoms with Crippen LogP contribution >= 0.6 is 0 Å². The molecular weight excluding hydrogens is 418 g/mol. The summed E-state index contributed by atoms with van der Waals surface area (Å²) in [4.78, 5) is 17.7. The summed E-state index contributed by atoms with van der Waals surface area (Å²) in [5.74, 6) is 0.614. The Morgan fingerprint density at radius 1 is 1.15 bits per heavy atom. The van der Waals surface area contributed by atoms with Crippen molar-refractivity contribution >= 4 is 0 Å². The first-order valence-electron chi connectivity index (χ1n) is 11.4. The SMILES string of the molecule is CCCCc1cn(C2CCC2O)c(=O)n1Cc1cnccc1-c1ccc(-c2nnn[nH]2)cc1. The van der Waals surface area contributed by atoms with Crippen LogP contribution in [0.25, 0.3) is 22.5 Å². The van der Waals surface area contributed by atoms with Crippen LogP contribution in [0.1, 0.15) is 49.9 Å². The van der Waals surface area contributed by atoms with E-state index < -0.39 is 6.10 Å². The smallest absolute Gasteiger partial charge is 0.329 e. The number of hydrogen-bond acceptors (Lipinski definition) is 6. The Hall–Kier alpha value is -3.59. The third-order valence-corrected chi connectivity index (χ3v) is 6.48. The molecule has 2 unspecified atom stereocenters. The molecule has 0 amide bonds. The molecule has 0 aliphatic heterocycles. The van der Waals surface area contributed by atoms with Gasteiger partial charge < -0.3 is 5.11 Å². The Kier molecular flexibility index (Phi) is 5.87. The quantitative estimate of drug-likeness (QED) is 0.431. The molecule has 33 heavy (non-hydrogen) atoms. The summed E-state index contributed by atoms with van der Waals surface area (Å²) in [6, 6.07) is 9.83. The van der Waals surface area contributed by atoms with Crippen molar-refractivity contribution < 1.29 is 5.11 Å². The second-order valence-corrected chi connectivity index (χ2v) is 8.57. The molecule has 1 saturated carbocycles. The summed E-state index contributed by atoms with van der Waals surface area (Å²) in [5.41, 5.74) is 4.86. The largest absolute Gasteiger partial charge is 0.391 e. The molecule has 1 aliphatic carbocycles. The van der Waals surface area contributed by atoms with Gasteiger partial charge in [0.1, 0.15) is 0 Å². The summed E-state index contributed by atoms with van der Waals surface area (Å²) in [6.07, 6.45) is 9.58. The number of aliphatic hydroxyl groups is 1. The van der Waals surface area contributed by atoms with Crippen molar-refractivity contribution in [2.45, 2.75) is 57.7 Å². The normalized spacial score (nSPS) is 17.8. The van der Waals surface area contributed by atoms with Crippen LogP contribution in [0.2, 0.25) is 0 Å². The van der Waals surface area contributed by atoms with Crippen molar-refractivity contribution in [3.8, 4) is 22.5 Å². The van der Waals surface area contributed by atoms with Gasteiger partial charge >= 0.3 is 5.69 Å². The Morgan fingerprint density at radius 3 is 2.64 bits per heavy atom. The number of nitrogens with one attached hydrogen (secondary N) is 1. The molecule has 9 nitrogen and oxygen atoms in total. The zero-order valence-corrected chi connectivity index (χ0v) is 18.6. The highest BCUT2D eigenvalue weighted by Crippen LogP contribution is 2.32. The van der Waals surface area contributed by atoms with Crippen molar-refractivity contribution in [3.05, 3.63) is 70.7 Å². The monoisotopic (exact) mass is 445 g/mol. The molecule has 1 aliphatic rings. The third-order valence-electron chi connectivity index (χ3n) is 6.48. The van der Waals surface area contributed by atoms with Crippen LogP contribution in [0.4, 0.5) is 0 Å². The van der Waals surface area contributed by atoms with Crippen molar-refractivity contribution in [1.29, 1.82) is 0 Å². The summed E-state index contributed by atoms with van der Waals surface area (Å²) >= 11 is 0. The van der Waals surface area contributed by atoms with E-state index in [0.717, 1.165) is 60.1 Å². The number of nitrogens with zero attached hydrogens (tertiary/aromatic N) is 6. The first-order chi connectivity index (χ1) is 16.2. The second-order valence-electron chi connectivity index (χ2n) is 8.57. The van der Waals surface area contributed by atoms with Gasteiger partial charge in [0, 0.05) is 29.8 Å². The highest BCUT2D eigenvalue weighted by atomic mass is 16.3. The average Bonchev–Trinajstić information content (AvgIpc) is 3.47. The maximum atomic E-state index is 13.3. The maximum absolute atomic E-state index is 13.3. The first kappa shape index (κ1) is 21.3. The maximum Gasteiger partial charge on any atom is 0.329 e. The second kappa shape index (κ2) is 9.11. The van der Waals surface area contributed by atoms with E-state index in [1.165, 1.54) is 0 Å². The molecule has 3 aromatic heterocycles. The summed E-state index contributed by atoms with van der Waals surface area (Å²) in [7, 11) is 0. The number of pyridine rings is 1. The zero-order chi connectivity index (χ0) is 22.8. The minimum atomic E-state index is -0.440. The predicted molar refractivity (Wildman–Crippen MR) is 124 cm³/mol. The molecule has 0 radical (unpaired) electrons. The molecule has 5 rings (SSSR count). The van der Waals surface area contributed by atoms with Gasteiger partial charge in [0.2, 0.25) is 0 Å². The average molecular weight is 446 g/mol. The summed E-state index contributed by atoms with van der Waals surface area (Å²) < 4.78 is 3.57. The number of hydrogen-bond donors (Lipinski definition) is 2. The third kappa shape index (κ3) is 4.11. The van der Waals surface area contributed by atoms with E-state index in [1.807, 2.05) is 47.3 Å². The molecule has 0 spiro atoms. The van der Waals surface area contributed by atoms with Gasteiger partial charge in [-0.25, -0.2) is 9.89 Å². The molecule has 2 atom stereocenters. The van der Waals surface area contributed by atoms with Gasteiger partial charge in [0.05, 0.1) is 18.7 Å². The molecule has 0 saturated heterocycles. The van der Waals surface area contributed by atoms with Crippen LogP contribution < -0.4 is 5.69 Å². The number of rotatable bonds is 8. The Balaban J connectivity index is 1.48. The molecular formula is C24H27N7O2. The first-order valence-corrected chi connectivity index (χ1v) is 11.4. The van der Waals surface area contributed by atoms with E-state index in [1.54, 1.807) is 10.8 Å². The fourth-order valence-corrected chi connectivity index (χ4v) is 4.40. The summed E-state index contributed by atoms with van der Waals surface area (Å²) in [6.45, 7) is 2.58. The number of unbranched alkanes of at least 4 members (excludes halogenated alkanes) is 1. The van der Waals surface area contributed by atoms with Crippen molar-refractivity contribution in [3.63, 3.8) is 0 Å². The molecule has 3 heterocycles. The molecule has 0 bridgehead atoms. The van der Waals surface area contributed by atoms with Gasteiger partial charge in [-0.05, 0) is 58.9 Å². The Labute approximate surface area is 191 Å². The van der Waals surface area contributed by atoms with Crippen LogP contribution in [0, 0.1) is 0 Å². The lowest BCUT2D eigenvalue weighted by Gasteiger charge is -2.32. The standard InChI is InChI=1S/C24H27N7O2/c1-2-3-4-19-15-31(21-9-10-22(21)32)24(33)30(19)14-18-13-25-12-11-20(18)16-5-7-17(8-6-16)23-26-28-29-27-23/h5-8,11-13,15,21-22,32H,2-4,9-10,14H2,1H3,(H,26,27,28,29). The van der Waals surface area contributed by atoms with Crippen LogP contribution in [0.3, 0.4) is 0 Å². The van der Waals surface area contributed by atoms with Crippen molar-refractivity contribution in [2.24, 2.45) is 0 Å². The minimum Gasteiger partial charge on any atom is -0.391 e. The topological polar surface area (TPSA) is 115 Å². The molecule has 170 valence electrons. The van der Waals surface area contributed by atoms with E-state index in [-0.39, 0.29) is 11.7 Å². The number of aryl methyl sites for hydroxylation is 1. The predicted octanol–water partition coefficient (Wildman–Crippen LogP) is 2.98. The number of tetrazole rings is 1. The summed E-state index contributed by atoms with van der Waals surface area (Å²) in [5, 5.41) is 24.1. The fraction of sp³-hybridized carbons (Fsp3) is 0.375. The van der Waals surface area contributed by atoms with Gasteiger partial charge in [0.25, 0.3) is 0 Å². The van der Waals surface area contributed by atoms with Gasteiger partial charge in [-0.2, -0.15) is 0 Å². The highest BCUT2D eigenvalue weighted by molar-refractivity contribution is 5.69. The number of aliphatic hydroxyl groups excluding tert-OH is 1. The Morgan fingerprint density at radius 2 is 1.97 bits per heavy atom. The van der Waals surface area contributed by atoms with Crippen molar-refractivity contribution in [1.82, 2.24) is 34.7 Å². The number of imidazole rings is 1. The lowest BCUT2D eigenvalue weighted by molar-refractivity contribution is 0.0297. The highest BCUT2D eigenvalue weighted by Gasteiger charge is 2.32. The number of benzene rings is 1. The minimum absolute atomic E-state index is 0.0622. The zero-order valence-electron chi connectivity index (χ0n) is 18.6. The molecule has 2 N–H and O–H groups in total. The van der Waals surface area contributed by atoms with Gasteiger partial charge in [-0.3, -0.25) is 14.1 Å². The lowest BCUT2D eigenvalue weighted by atomic mass is 9.89. The van der Waals surface area contributed by atoms with Crippen molar-refractivity contribution in [2.75, 3.05) is 0 Å². The van der Waals surface area contributed by atoms with E-state index in [9.17, 15) is 9.90 Å². The van der Waals surface area contributed by atoms with E-state index >= 15 is 0 Å². The van der Waals surface area contributed by atoms with Crippen LogP contribution in [-0.4, -0.2) is 46.0 Å². The number of aromatic nitrogens is 7. The molecule has 4 aromatic rings. The van der Waals surface area contributed by atoms with E-state index in [4.69, 9.17) is 0 Å². The van der Waals surface area contributed by atoms with E-state index in [0.29, 0.717) is 12.4 Å². The van der Waals surface area contributed by atoms with E-state index in [2.05, 4.69) is 32.5 Å². The molecule has 1 aromatic carbocycles. The van der Waals surface area contributed by atoms with Gasteiger partial charge in [-0.15, -0.1) is 5.10 Å². The number of aromatic amines is 1. The van der Waals surface area contributed by atoms with Gasteiger partial charge in [-0.1, -0.05) is 37.6 Å². The molecule has 9 heteroatoms. The fourth-order valence-electron chi connectivity index (χ4n) is 4.40. The van der Waals surface area contributed by atoms with Crippen LogP contribution in [0.5, 0.6) is 0 Å². The van der Waals surface area contributed by atoms with Crippen LogP contribution in [0.15, 0.2) is 53.7 Å². The van der Waals surface area contributed by atoms with Gasteiger partial charge in [0.15, 0.2) is 5.82 Å². The molecule has 1 fully saturated rings. The number of H-pyrrole nitrogens is 1. The lowest BCUT2D eigenvalue weighted by Crippen LogP contribution is -2.39. The Bertz CT molecular complexity index is 1280.